The topological polar surface area (TPSA) is 76.1 Å². The fourth-order valence-electron chi connectivity index (χ4n) is 5.16. The highest BCUT2D eigenvalue weighted by molar-refractivity contribution is 5.82. The number of carbonyl (C=O) groups is 2. The maximum absolute atomic E-state index is 13.0. The molecule has 4 atom stereocenters. The number of benzene rings is 2. The van der Waals surface area contributed by atoms with Gasteiger partial charge in [0.05, 0.1) is 18.2 Å². The molecule has 2 aromatic carbocycles. The summed E-state index contributed by atoms with van der Waals surface area (Å²) in [7, 11) is 0. The van der Waals surface area contributed by atoms with Crippen molar-refractivity contribution in [2.45, 2.75) is 50.0 Å². The summed E-state index contributed by atoms with van der Waals surface area (Å²) in [6.45, 7) is 2.13. The van der Waals surface area contributed by atoms with E-state index < -0.39 is 18.1 Å². The number of nitrogens with zero attached hydrogens (tertiary/aromatic N) is 1. The van der Waals surface area contributed by atoms with Gasteiger partial charge in [0.2, 0.25) is 0 Å². The molecule has 0 unspecified atom stereocenters. The van der Waals surface area contributed by atoms with Crippen LogP contribution in [0.2, 0.25) is 0 Å². The number of likely N-dealkylation sites (tertiary alicyclic amines) is 1. The van der Waals surface area contributed by atoms with Gasteiger partial charge < -0.3 is 14.6 Å². The second-order valence-corrected chi connectivity index (χ2v) is 8.09. The molecule has 29 heavy (non-hydrogen) atoms. The zero-order chi connectivity index (χ0) is 20.1. The molecular formula is C23H23NO5. The van der Waals surface area contributed by atoms with Crippen LogP contribution < -0.4 is 0 Å². The fourth-order valence-corrected chi connectivity index (χ4v) is 5.16. The number of carboxylic acid groups (broad SMARTS) is 1. The number of carboxylic acids is 1. The van der Waals surface area contributed by atoms with Gasteiger partial charge >= 0.3 is 12.1 Å². The first kappa shape index (κ1) is 18.2. The zero-order valence-electron chi connectivity index (χ0n) is 16.2. The summed E-state index contributed by atoms with van der Waals surface area (Å²) in [5, 5.41) is 9.59. The smallest absolute Gasteiger partial charge is 0.410 e. The Morgan fingerprint density at radius 3 is 2.31 bits per heavy atom. The standard InChI is InChI=1S/C23H23NO5/c1-13-10-19-21(29-13)11-20(22(25)26)24(19)23(27)28-12-18-16-8-4-2-6-14(16)15-7-3-5-9-17(15)18/h2-9,13,18-21H,10-12H2,1H3,(H,25,26)/t13-,19+,20-,21+/m1/s1. The van der Waals surface area contributed by atoms with Gasteiger partial charge in [0.15, 0.2) is 0 Å². The van der Waals surface area contributed by atoms with E-state index in [4.69, 9.17) is 9.47 Å². The van der Waals surface area contributed by atoms with E-state index in [-0.39, 0.29) is 30.8 Å². The normalized spacial score (nSPS) is 27.4. The molecule has 0 radical (unpaired) electrons. The molecule has 6 nitrogen and oxygen atoms in total. The van der Waals surface area contributed by atoms with Crippen LogP contribution in [-0.4, -0.2) is 53.0 Å². The minimum Gasteiger partial charge on any atom is -0.480 e. The Labute approximate surface area is 169 Å². The summed E-state index contributed by atoms with van der Waals surface area (Å²) < 4.78 is 11.5. The van der Waals surface area contributed by atoms with E-state index in [0.717, 1.165) is 22.3 Å². The maximum Gasteiger partial charge on any atom is 0.410 e. The summed E-state index contributed by atoms with van der Waals surface area (Å²) in [6.07, 6.45) is 0.173. The average molecular weight is 393 g/mol. The van der Waals surface area contributed by atoms with Gasteiger partial charge in [0.1, 0.15) is 12.6 Å². The first-order chi connectivity index (χ1) is 14.0. The summed E-state index contributed by atoms with van der Waals surface area (Å²) in [4.78, 5) is 26.1. The molecular weight excluding hydrogens is 370 g/mol. The predicted octanol–water partition coefficient (Wildman–Crippen LogP) is 3.64. The Hall–Kier alpha value is -2.86. The number of fused-ring (bicyclic) bond motifs is 4. The van der Waals surface area contributed by atoms with Crippen molar-refractivity contribution in [3.8, 4) is 11.1 Å². The highest BCUT2D eigenvalue weighted by atomic mass is 16.6. The quantitative estimate of drug-likeness (QED) is 0.862. The highest BCUT2D eigenvalue weighted by Crippen LogP contribution is 2.45. The number of hydrogen-bond acceptors (Lipinski definition) is 4. The van der Waals surface area contributed by atoms with Crippen LogP contribution in [0.15, 0.2) is 48.5 Å². The fraction of sp³-hybridized carbons (Fsp3) is 0.391. The van der Waals surface area contributed by atoms with E-state index in [9.17, 15) is 14.7 Å². The van der Waals surface area contributed by atoms with Crippen molar-refractivity contribution in [3.05, 3.63) is 59.7 Å². The molecule has 2 aromatic rings. The zero-order valence-corrected chi connectivity index (χ0v) is 16.2. The van der Waals surface area contributed by atoms with Gasteiger partial charge in [0.25, 0.3) is 0 Å². The van der Waals surface area contributed by atoms with Crippen molar-refractivity contribution >= 4 is 12.1 Å². The largest absolute Gasteiger partial charge is 0.480 e. The molecule has 0 bridgehead atoms. The number of hydrogen-bond donors (Lipinski definition) is 1. The van der Waals surface area contributed by atoms with Gasteiger partial charge in [-0.2, -0.15) is 0 Å². The Bertz CT molecular complexity index is 928. The minimum atomic E-state index is -1.01. The highest BCUT2D eigenvalue weighted by Gasteiger charge is 2.52. The van der Waals surface area contributed by atoms with Crippen molar-refractivity contribution in [1.29, 1.82) is 0 Å². The van der Waals surface area contributed by atoms with Crippen LogP contribution in [0.5, 0.6) is 0 Å². The molecule has 2 aliphatic heterocycles. The predicted molar refractivity (Wildman–Crippen MR) is 106 cm³/mol. The van der Waals surface area contributed by atoms with Gasteiger partial charge in [0, 0.05) is 12.3 Å². The number of ether oxygens (including phenoxy) is 2. The van der Waals surface area contributed by atoms with Crippen LogP contribution >= 0.6 is 0 Å². The molecule has 0 spiro atoms. The lowest BCUT2D eigenvalue weighted by atomic mass is 9.98. The Balaban J connectivity index is 1.37. The second-order valence-electron chi connectivity index (χ2n) is 8.09. The molecule has 1 aliphatic carbocycles. The van der Waals surface area contributed by atoms with E-state index in [1.165, 1.54) is 4.90 Å². The van der Waals surface area contributed by atoms with Gasteiger partial charge in [-0.3, -0.25) is 4.90 Å². The summed E-state index contributed by atoms with van der Waals surface area (Å²) in [5.74, 6) is -1.06. The summed E-state index contributed by atoms with van der Waals surface area (Å²) >= 11 is 0. The summed E-state index contributed by atoms with van der Waals surface area (Å²) in [5.41, 5.74) is 4.58. The average Bonchev–Trinajstić information content (AvgIpc) is 3.34. The molecule has 2 fully saturated rings. The van der Waals surface area contributed by atoms with Crippen molar-refractivity contribution in [1.82, 2.24) is 4.90 Å². The molecule has 6 heteroatoms. The van der Waals surface area contributed by atoms with Gasteiger partial charge in [-0.15, -0.1) is 0 Å². The number of amides is 1. The summed E-state index contributed by atoms with van der Waals surface area (Å²) in [6, 6.07) is 15.1. The first-order valence-electron chi connectivity index (χ1n) is 10.1. The molecule has 5 rings (SSSR count). The molecule has 3 aliphatic rings. The number of rotatable bonds is 3. The van der Waals surface area contributed by atoms with Crippen molar-refractivity contribution in [3.63, 3.8) is 0 Å². The van der Waals surface area contributed by atoms with Crippen LogP contribution in [0.4, 0.5) is 4.79 Å². The van der Waals surface area contributed by atoms with Gasteiger partial charge in [-0.05, 0) is 35.6 Å². The van der Waals surface area contributed by atoms with Crippen molar-refractivity contribution in [2.24, 2.45) is 0 Å². The minimum absolute atomic E-state index is 0.0173. The third-order valence-electron chi connectivity index (χ3n) is 6.39. The van der Waals surface area contributed by atoms with E-state index in [0.29, 0.717) is 12.8 Å². The second kappa shape index (κ2) is 6.88. The molecule has 1 N–H and O–H groups in total. The van der Waals surface area contributed by atoms with E-state index >= 15 is 0 Å². The first-order valence-corrected chi connectivity index (χ1v) is 10.1. The number of carbonyl (C=O) groups excluding carboxylic acids is 1. The van der Waals surface area contributed by atoms with Crippen LogP contribution in [0, 0.1) is 0 Å². The van der Waals surface area contributed by atoms with Gasteiger partial charge in [-0.25, -0.2) is 9.59 Å². The van der Waals surface area contributed by atoms with Crippen LogP contribution in [-0.2, 0) is 14.3 Å². The SMILES string of the molecule is C[C@@H]1C[C@H]2[C@H](C[C@H](C(=O)O)N2C(=O)OCC2c3ccccc3-c3ccccc32)O1. The Kier molecular flexibility index (Phi) is 4.32. The van der Waals surface area contributed by atoms with E-state index in [1.807, 2.05) is 31.2 Å². The molecule has 0 saturated carbocycles. The molecule has 150 valence electrons. The lowest BCUT2D eigenvalue weighted by molar-refractivity contribution is -0.142. The number of aliphatic carboxylic acids is 1. The molecule has 2 saturated heterocycles. The molecule has 0 aromatic heterocycles. The monoisotopic (exact) mass is 393 g/mol. The molecule has 2 heterocycles. The van der Waals surface area contributed by atoms with Crippen LogP contribution in [0.25, 0.3) is 11.1 Å². The van der Waals surface area contributed by atoms with Crippen molar-refractivity contribution < 1.29 is 24.2 Å². The van der Waals surface area contributed by atoms with Gasteiger partial charge in [-0.1, -0.05) is 48.5 Å². The Morgan fingerprint density at radius 2 is 1.69 bits per heavy atom. The van der Waals surface area contributed by atoms with Crippen LogP contribution in [0.1, 0.15) is 36.8 Å². The van der Waals surface area contributed by atoms with Crippen LogP contribution in [0.3, 0.4) is 0 Å². The third-order valence-corrected chi connectivity index (χ3v) is 6.39. The third kappa shape index (κ3) is 2.90. The Morgan fingerprint density at radius 1 is 1.07 bits per heavy atom. The lowest BCUT2D eigenvalue weighted by Crippen LogP contribution is -2.46. The van der Waals surface area contributed by atoms with E-state index in [2.05, 4.69) is 24.3 Å². The lowest BCUT2D eigenvalue weighted by Gasteiger charge is -2.27. The maximum atomic E-state index is 13.0. The van der Waals surface area contributed by atoms with E-state index in [1.54, 1.807) is 0 Å². The molecule has 1 amide bonds. The van der Waals surface area contributed by atoms with Crippen molar-refractivity contribution in [2.75, 3.05) is 6.61 Å².